The van der Waals surface area contributed by atoms with Crippen LogP contribution in [0.2, 0.25) is 0 Å². The number of fused-ring (bicyclic) bond motifs is 1. The number of carbonyl (C=O) groups is 7. The number of nitrogen functional groups attached to an aromatic ring is 1. The molecule has 4 rings (SSSR count). The Hall–Kier alpha value is -6.59. The highest BCUT2D eigenvalue weighted by Gasteiger charge is 2.25. The maximum Gasteiger partial charge on any atom is 0.326 e. The largest absolute Gasteiger partial charge is 0.549 e. The van der Waals surface area contributed by atoms with Gasteiger partial charge in [-0.1, -0.05) is 0 Å². The Kier molecular flexibility index (Phi) is 17.3. The second-order valence-corrected chi connectivity index (χ2v) is 14.0. The van der Waals surface area contributed by atoms with Crippen molar-refractivity contribution in [2.24, 2.45) is 0 Å². The van der Waals surface area contributed by atoms with Gasteiger partial charge < -0.3 is 56.5 Å². The third-order valence-corrected chi connectivity index (χ3v) is 9.58. The molecular weight excluding hydrogens is 790 g/mol. The SMILES string of the molecule is Nc1nc2ncc(CNc3ccc(C(=O)N[C@@H](CCC(=O)NCCCC(=O)CCC(C(=O)[O-])N4CCN(CC(=O)[O-])CCN(CC(=O)[O-])CC4)C(=O)O)cc3)nc2c(=O)[nH]1. The number of aliphatic carboxylic acids is 4. The molecule has 0 bridgehead atoms. The number of nitrogens with two attached hydrogens (primary N) is 1. The smallest absolute Gasteiger partial charge is 0.326 e. The van der Waals surface area contributed by atoms with Gasteiger partial charge in [-0.25, -0.2) is 14.8 Å². The highest BCUT2D eigenvalue weighted by molar-refractivity contribution is 5.97. The molecule has 23 nitrogen and oxygen atoms in total. The minimum Gasteiger partial charge on any atom is -0.549 e. The highest BCUT2D eigenvalue weighted by atomic mass is 16.4. The topological polar surface area (TPSA) is 352 Å². The number of carboxylic acids is 4. The van der Waals surface area contributed by atoms with Crippen molar-refractivity contribution in [1.29, 1.82) is 0 Å². The minimum atomic E-state index is -1.44. The van der Waals surface area contributed by atoms with Gasteiger partial charge in [-0.05, 0) is 43.5 Å². The summed E-state index contributed by atoms with van der Waals surface area (Å²) in [4.78, 5) is 116. The van der Waals surface area contributed by atoms with Crippen LogP contribution in [0.15, 0.2) is 35.3 Å². The number of nitrogens with one attached hydrogen (secondary N) is 4. The molecule has 2 amide bonds. The number of hydrogen-bond acceptors (Lipinski definition) is 19. The zero-order chi connectivity index (χ0) is 43.8. The maximum absolute atomic E-state index is 12.8. The molecular formula is C37H46N11O12-3. The van der Waals surface area contributed by atoms with Crippen LogP contribution >= 0.6 is 0 Å². The number of H-pyrrole nitrogens is 1. The fourth-order valence-electron chi connectivity index (χ4n) is 6.39. The highest BCUT2D eigenvalue weighted by Crippen LogP contribution is 2.14. The van der Waals surface area contributed by atoms with Crippen molar-refractivity contribution < 1.29 is 54.0 Å². The van der Waals surface area contributed by atoms with Gasteiger partial charge in [0.05, 0.1) is 36.3 Å². The first-order chi connectivity index (χ1) is 28.6. The van der Waals surface area contributed by atoms with Crippen molar-refractivity contribution in [3.63, 3.8) is 0 Å². The Balaban J connectivity index is 1.17. The Morgan fingerprint density at radius 2 is 1.48 bits per heavy atom. The number of rotatable bonds is 22. The van der Waals surface area contributed by atoms with Crippen molar-refractivity contribution in [2.75, 3.05) is 70.0 Å². The monoisotopic (exact) mass is 836 g/mol. The molecule has 1 fully saturated rings. The van der Waals surface area contributed by atoms with Gasteiger partial charge >= 0.3 is 5.97 Å². The summed E-state index contributed by atoms with van der Waals surface area (Å²) in [6, 6.07) is 3.51. The Labute approximate surface area is 342 Å². The first-order valence-corrected chi connectivity index (χ1v) is 19.0. The second kappa shape index (κ2) is 22.5. The lowest BCUT2D eigenvalue weighted by Gasteiger charge is -2.34. The lowest BCUT2D eigenvalue weighted by atomic mass is 10.0. The van der Waals surface area contributed by atoms with E-state index in [0.717, 1.165) is 0 Å². The normalized spacial score (nSPS) is 15.1. The fraction of sp³-hybridized carbons (Fsp3) is 0.486. The average Bonchev–Trinajstić information content (AvgIpc) is 3.27. The molecule has 0 radical (unpaired) electrons. The maximum atomic E-state index is 12.8. The summed E-state index contributed by atoms with van der Waals surface area (Å²) in [6.45, 7) is 0.362. The number of anilines is 2. The summed E-state index contributed by atoms with van der Waals surface area (Å²) in [5.74, 6) is -7.03. The molecule has 3 heterocycles. The van der Waals surface area contributed by atoms with E-state index in [1.165, 1.54) is 33.0 Å². The predicted octanol–water partition coefficient (Wildman–Crippen LogP) is -5.35. The van der Waals surface area contributed by atoms with Crippen LogP contribution in [-0.4, -0.2) is 152 Å². The van der Waals surface area contributed by atoms with Gasteiger partial charge in [0, 0.05) is 95.5 Å². The van der Waals surface area contributed by atoms with Crippen LogP contribution in [0.1, 0.15) is 54.6 Å². The number of amides is 2. The quantitative estimate of drug-likeness (QED) is 0.0515. The number of Topliss-reactive ketones (excluding diaryl/α,β-unsaturated/α-hetero) is 1. The lowest BCUT2D eigenvalue weighted by molar-refractivity contribution is -0.313. The summed E-state index contributed by atoms with van der Waals surface area (Å²) in [5, 5.41) is 52.3. The average molecular weight is 837 g/mol. The summed E-state index contributed by atoms with van der Waals surface area (Å²) in [5.41, 5.74) is 6.28. The van der Waals surface area contributed by atoms with Gasteiger partial charge in [0.1, 0.15) is 11.8 Å². The van der Waals surface area contributed by atoms with Crippen LogP contribution in [0.3, 0.4) is 0 Å². The number of nitrogens with zero attached hydrogens (tertiary/aromatic N) is 6. The second-order valence-electron chi connectivity index (χ2n) is 14.0. The molecule has 1 saturated heterocycles. The van der Waals surface area contributed by atoms with Crippen LogP contribution in [-0.2, 0) is 35.3 Å². The van der Waals surface area contributed by atoms with Crippen molar-refractivity contribution in [3.8, 4) is 0 Å². The van der Waals surface area contributed by atoms with Crippen LogP contribution < -0.4 is 42.6 Å². The van der Waals surface area contributed by atoms with Gasteiger partial charge in [-0.3, -0.25) is 38.9 Å². The van der Waals surface area contributed by atoms with E-state index in [1.54, 1.807) is 12.1 Å². The van der Waals surface area contributed by atoms with Crippen molar-refractivity contribution in [1.82, 2.24) is 45.3 Å². The van der Waals surface area contributed by atoms with Crippen molar-refractivity contribution in [3.05, 3.63) is 52.1 Å². The first kappa shape index (κ1) is 46.1. The number of hydrogen-bond donors (Lipinski definition) is 6. The molecule has 23 heteroatoms. The molecule has 2 atom stereocenters. The van der Waals surface area contributed by atoms with Crippen LogP contribution in [0.25, 0.3) is 11.2 Å². The third-order valence-electron chi connectivity index (χ3n) is 9.58. The molecule has 1 aliphatic heterocycles. The predicted molar refractivity (Wildman–Crippen MR) is 204 cm³/mol. The molecule has 324 valence electrons. The van der Waals surface area contributed by atoms with Crippen LogP contribution in [0.4, 0.5) is 11.6 Å². The molecule has 3 aromatic rings. The summed E-state index contributed by atoms with van der Waals surface area (Å²) >= 11 is 0. The summed E-state index contributed by atoms with van der Waals surface area (Å²) in [6.07, 6.45) is 0.940. The molecule has 1 unspecified atom stereocenters. The Morgan fingerprint density at radius 1 is 0.850 bits per heavy atom. The van der Waals surface area contributed by atoms with E-state index in [9.17, 15) is 58.8 Å². The first-order valence-electron chi connectivity index (χ1n) is 19.0. The van der Waals surface area contributed by atoms with Crippen LogP contribution in [0, 0.1) is 0 Å². The van der Waals surface area contributed by atoms with E-state index in [1.807, 2.05) is 0 Å². The molecule has 1 aliphatic rings. The lowest BCUT2D eigenvalue weighted by Crippen LogP contribution is -2.52. The van der Waals surface area contributed by atoms with Crippen molar-refractivity contribution in [2.45, 2.75) is 57.2 Å². The van der Waals surface area contributed by atoms with Gasteiger partial charge in [-0.15, -0.1) is 0 Å². The van der Waals surface area contributed by atoms with E-state index < -0.39 is 66.4 Å². The number of aromatic nitrogens is 4. The molecule has 2 aromatic heterocycles. The third kappa shape index (κ3) is 15.0. The van der Waals surface area contributed by atoms with E-state index >= 15 is 0 Å². The molecule has 0 aliphatic carbocycles. The summed E-state index contributed by atoms with van der Waals surface area (Å²) in [7, 11) is 0. The zero-order valence-electron chi connectivity index (χ0n) is 32.6. The molecule has 7 N–H and O–H groups in total. The van der Waals surface area contributed by atoms with Gasteiger partial charge in [0.25, 0.3) is 11.5 Å². The number of benzene rings is 1. The number of ketones is 1. The standard InChI is InChI=1S/C37H49N11O12/c38-37-44-32-31(34(56)45-37)42-24(19-41-32)18-40-23-5-3-22(4-6-23)33(55)43-26(35(57)58)8-10-28(50)39-11-1-2-25(49)7-9-27(36(59)60)48-16-14-46(20-29(51)52)12-13-47(15-17-48)21-30(53)54/h3-6,19,26-27,40H,1-2,7-18,20-21H2,(H,39,50)(H,43,55)(H,51,52)(H,53,54)(H,57,58)(H,59,60)(H3,38,41,44,45,56)/p-3/t26-,27?/m0/s1. The number of carboxylic acid groups (broad SMARTS) is 4. The van der Waals surface area contributed by atoms with Crippen molar-refractivity contribution >= 4 is 64.3 Å². The molecule has 0 spiro atoms. The van der Waals surface area contributed by atoms with Crippen LogP contribution in [0.5, 0.6) is 0 Å². The Morgan fingerprint density at radius 3 is 2.08 bits per heavy atom. The van der Waals surface area contributed by atoms with E-state index in [0.29, 0.717) is 11.4 Å². The molecule has 1 aromatic carbocycles. The molecule has 60 heavy (non-hydrogen) atoms. The van der Waals surface area contributed by atoms with Gasteiger partial charge in [0.15, 0.2) is 11.2 Å². The zero-order valence-corrected chi connectivity index (χ0v) is 32.6. The van der Waals surface area contributed by atoms with E-state index in [2.05, 4.69) is 35.9 Å². The van der Waals surface area contributed by atoms with E-state index in [-0.39, 0.29) is 119 Å². The minimum absolute atomic E-state index is 0.00719. The number of aromatic amines is 1. The van der Waals surface area contributed by atoms with Gasteiger partial charge in [-0.2, -0.15) is 4.98 Å². The Bertz CT molecular complexity index is 2050. The van der Waals surface area contributed by atoms with Gasteiger partial charge in [0.2, 0.25) is 11.9 Å². The molecule has 0 saturated carbocycles. The number of carbonyl (C=O) groups excluding carboxylic acids is 6. The summed E-state index contributed by atoms with van der Waals surface area (Å²) < 4.78 is 0. The fourth-order valence-corrected chi connectivity index (χ4v) is 6.39. The van der Waals surface area contributed by atoms with E-state index in [4.69, 9.17) is 5.73 Å².